The molecular formula is C14H20ClNO2. The van der Waals surface area contributed by atoms with Crippen molar-refractivity contribution in [3.8, 4) is 11.5 Å². The summed E-state index contributed by atoms with van der Waals surface area (Å²) in [7, 11) is 1.67. The Labute approximate surface area is 114 Å². The molecule has 18 heavy (non-hydrogen) atoms. The Morgan fingerprint density at radius 3 is 2.89 bits per heavy atom. The summed E-state index contributed by atoms with van der Waals surface area (Å²) in [6.07, 6.45) is 4.05. The van der Waals surface area contributed by atoms with E-state index in [-0.39, 0.29) is 18.4 Å². The second-order valence-electron chi connectivity index (χ2n) is 4.37. The fraction of sp³-hybridized carbons (Fsp3) is 0.429. The molecule has 1 aliphatic rings. The van der Waals surface area contributed by atoms with Crippen LogP contribution in [0.5, 0.6) is 11.5 Å². The van der Waals surface area contributed by atoms with Crippen LogP contribution in [0.25, 0.3) is 6.08 Å². The van der Waals surface area contributed by atoms with Crippen molar-refractivity contribution < 1.29 is 9.47 Å². The van der Waals surface area contributed by atoms with Crippen LogP contribution in [0, 0.1) is 0 Å². The highest BCUT2D eigenvalue weighted by Gasteiger charge is 2.13. The van der Waals surface area contributed by atoms with Gasteiger partial charge in [-0.1, -0.05) is 6.92 Å². The number of halogens is 1. The number of rotatable bonds is 4. The van der Waals surface area contributed by atoms with Gasteiger partial charge in [-0.15, -0.1) is 12.4 Å². The minimum absolute atomic E-state index is 0. The molecule has 0 saturated carbocycles. The van der Waals surface area contributed by atoms with E-state index in [9.17, 15) is 0 Å². The van der Waals surface area contributed by atoms with Crippen LogP contribution in [0.4, 0.5) is 0 Å². The van der Waals surface area contributed by atoms with E-state index in [1.54, 1.807) is 7.11 Å². The van der Waals surface area contributed by atoms with E-state index in [1.165, 1.54) is 5.57 Å². The molecule has 0 spiro atoms. The van der Waals surface area contributed by atoms with Gasteiger partial charge in [-0.25, -0.2) is 0 Å². The predicted octanol–water partition coefficient (Wildman–Crippen LogP) is 3.02. The number of fused-ring (bicyclic) bond motifs is 1. The summed E-state index contributed by atoms with van der Waals surface area (Å²) >= 11 is 0. The molecule has 1 unspecified atom stereocenters. The average Bonchev–Trinajstić information content (AvgIpc) is 2.37. The molecule has 1 aliphatic heterocycles. The molecule has 0 radical (unpaired) electrons. The molecule has 1 aromatic carbocycles. The van der Waals surface area contributed by atoms with Gasteiger partial charge in [0.25, 0.3) is 0 Å². The normalized spacial score (nSPS) is 14.7. The molecule has 100 valence electrons. The number of hydrogen-bond donors (Lipinski definition) is 1. The Hall–Kier alpha value is -1.19. The van der Waals surface area contributed by atoms with E-state index in [0.29, 0.717) is 6.61 Å². The van der Waals surface area contributed by atoms with E-state index in [2.05, 4.69) is 13.0 Å². The maximum Gasteiger partial charge on any atom is 0.127 e. The first kappa shape index (κ1) is 14.9. The lowest BCUT2D eigenvalue weighted by atomic mass is 10.0. The number of hydrogen-bond acceptors (Lipinski definition) is 3. The van der Waals surface area contributed by atoms with Crippen molar-refractivity contribution in [1.29, 1.82) is 0 Å². The lowest BCUT2D eigenvalue weighted by Crippen LogP contribution is -2.21. The molecule has 4 heteroatoms. The average molecular weight is 270 g/mol. The summed E-state index contributed by atoms with van der Waals surface area (Å²) in [5.41, 5.74) is 8.29. The van der Waals surface area contributed by atoms with Crippen LogP contribution < -0.4 is 15.2 Å². The largest absolute Gasteiger partial charge is 0.497 e. The second-order valence-corrected chi connectivity index (χ2v) is 4.37. The molecule has 0 aliphatic carbocycles. The van der Waals surface area contributed by atoms with Gasteiger partial charge in [-0.2, -0.15) is 0 Å². The van der Waals surface area contributed by atoms with Crippen molar-refractivity contribution in [3.05, 3.63) is 29.3 Å². The van der Waals surface area contributed by atoms with Gasteiger partial charge in [-0.05, 0) is 42.7 Å². The lowest BCUT2D eigenvalue weighted by molar-refractivity contribution is 0.338. The van der Waals surface area contributed by atoms with Crippen LogP contribution in [-0.4, -0.2) is 19.8 Å². The summed E-state index contributed by atoms with van der Waals surface area (Å²) in [6.45, 7) is 2.75. The van der Waals surface area contributed by atoms with Gasteiger partial charge >= 0.3 is 0 Å². The van der Waals surface area contributed by atoms with Gasteiger partial charge in [0.1, 0.15) is 18.1 Å². The van der Waals surface area contributed by atoms with Crippen molar-refractivity contribution in [3.63, 3.8) is 0 Å². The SMILES string of the molecule is CCC(N)CC1=Cc2cc(OC)ccc2OC1.Cl. The van der Waals surface area contributed by atoms with Gasteiger partial charge < -0.3 is 15.2 Å². The molecule has 0 fully saturated rings. The molecule has 1 heterocycles. The smallest absolute Gasteiger partial charge is 0.127 e. The molecule has 0 aromatic heterocycles. The van der Waals surface area contributed by atoms with Crippen LogP contribution >= 0.6 is 12.4 Å². The Balaban J connectivity index is 0.00000162. The standard InChI is InChI=1S/C14H19NO2.ClH/c1-3-12(15)7-10-6-11-8-13(16-2)4-5-14(11)17-9-10;/h4-6,8,12H,3,7,9,15H2,1-2H3;1H. The lowest BCUT2D eigenvalue weighted by Gasteiger charge is -2.20. The molecule has 1 atom stereocenters. The molecule has 0 amide bonds. The van der Waals surface area contributed by atoms with E-state index in [0.717, 1.165) is 29.9 Å². The fourth-order valence-corrected chi connectivity index (χ4v) is 1.93. The highest BCUT2D eigenvalue weighted by molar-refractivity contribution is 5.85. The second kappa shape index (κ2) is 6.66. The topological polar surface area (TPSA) is 44.5 Å². The quantitative estimate of drug-likeness (QED) is 0.914. The van der Waals surface area contributed by atoms with E-state index >= 15 is 0 Å². The number of methoxy groups -OCH3 is 1. The summed E-state index contributed by atoms with van der Waals surface area (Å²) in [5, 5.41) is 0. The molecule has 0 bridgehead atoms. The van der Waals surface area contributed by atoms with Crippen LogP contribution in [0.3, 0.4) is 0 Å². The van der Waals surface area contributed by atoms with Crippen molar-refractivity contribution in [2.75, 3.05) is 13.7 Å². The Bertz CT molecular complexity index is 432. The Kier molecular flexibility index (Phi) is 5.51. The summed E-state index contributed by atoms with van der Waals surface area (Å²) in [4.78, 5) is 0. The Morgan fingerprint density at radius 1 is 1.44 bits per heavy atom. The third-order valence-corrected chi connectivity index (χ3v) is 3.04. The van der Waals surface area contributed by atoms with Crippen LogP contribution in [0.2, 0.25) is 0 Å². The molecule has 1 aromatic rings. The van der Waals surface area contributed by atoms with Crippen molar-refractivity contribution in [2.45, 2.75) is 25.8 Å². The molecular weight excluding hydrogens is 250 g/mol. The highest BCUT2D eigenvalue weighted by Crippen LogP contribution is 2.30. The van der Waals surface area contributed by atoms with Gasteiger partial charge in [0.15, 0.2) is 0 Å². The first-order chi connectivity index (χ1) is 8.22. The van der Waals surface area contributed by atoms with E-state index < -0.39 is 0 Å². The Morgan fingerprint density at radius 2 is 2.22 bits per heavy atom. The third kappa shape index (κ3) is 3.40. The predicted molar refractivity (Wildman–Crippen MR) is 76.6 cm³/mol. The van der Waals surface area contributed by atoms with E-state index in [1.807, 2.05) is 18.2 Å². The minimum Gasteiger partial charge on any atom is -0.497 e. The summed E-state index contributed by atoms with van der Waals surface area (Å²) < 4.78 is 10.9. The maximum absolute atomic E-state index is 5.96. The first-order valence-electron chi connectivity index (χ1n) is 5.98. The molecule has 3 nitrogen and oxygen atoms in total. The molecule has 0 saturated heterocycles. The van der Waals surface area contributed by atoms with E-state index in [4.69, 9.17) is 15.2 Å². The van der Waals surface area contributed by atoms with Crippen molar-refractivity contribution in [1.82, 2.24) is 0 Å². The minimum atomic E-state index is 0. The van der Waals surface area contributed by atoms with Crippen LogP contribution in [-0.2, 0) is 0 Å². The number of nitrogens with two attached hydrogens (primary N) is 1. The van der Waals surface area contributed by atoms with Crippen molar-refractivity contribution in [2.24, 2.45) is 5.73 Å². The zero-order valence-electron chi connectivity index (χ0n) is 10.8. The fourth-order valence-electron chi connectivity index (χ4n) is 1.93. The summed E-state index contributed by atoms with van der Waals surface area (Å²) in [5.74, 6) is 1.77. The van der Waals surface area contributed by atoms with Gasteiger partial charge in [0, 0.05) is 11.6 Å². The third-order valence-electron chi connectivity index (χ3n) is 3.04. The first-order valence-corrected chi connectivity index (χ1v) is 5.98. The maximum atomic E-state index is 5.96. The van der Waals surface area contributed by atoms with Crippen LogP contribution in [0.1, 0.15) is 25.3 Å². The van der Waals surface area contributed by atoms with Gasteiger partial charge in [0.2, 0.25) is 0 Å². The number of ether oxygens (including phenoxy) is 2. The van der Waals surface area contributed by atoms with Crippen LogP contribution in [0.15, 0.2) is 23.8 Å². The monoisotopic (exact) mass is 269 g/mol. The van der Waals surface area contributed by atoms with Crippen molar-refractivity contribution >= 4 is 18.5 Å². The zero-order chi connectivity index (χ0) is 12.3. The van der Waals surface area contributed by atoms with Gasteiger partial charge in [0.05, 0.1) is 7.11 Å². The van der Waals surface area contributed by atoms with Gasteiger partial charge in [-0.3, -0.25) is 0 Å². The highest BCUT2D eigenvalue weighted by atomic mass is 35.5. The molecule has 2 rings (SSSR count). The number of benzene rings is 1. The zero-order valence-corrected chi connectivity index (χ0v) is 11.6. The molecule has 2 N–H and O–H groups in total. The summed E-state index contributed by atoms with van der Waals surface area (Å²) in [6, 6.07) is 6.07.